The number of aromatic nitrogens is 1. The average molecular weight is 218 g/mol. The van der Waals surface area contributed by atoms with E-state index in [0.717, 1.165) is 9.88 Å². The minimum atomic E-state index is -0.755. The molecule has 0 amide bonds. The normalized spacial score (nSPS) is 18.3. The molecule has 2 heterocycles. The van der Waals surface area contributed by atoms with Crippen LogP contribution in [0, 0.1) is 0 Å². The van der Waals surface area contributed by atoms with E-state index in [1.165, 1.54) is 23.9 Å². The van der Waals surface area contributed by atoms with E-state index in [2.05, 4.69) is 4.98 Å². The van der Waals surface area contributed by atoms with Crippen LogP contribution in [0.2, 0.25) is 0 Å². The van der Waals surface area contributed by atoms with Crippen molar-refractivity contribution in [2.75, 3.05) is 0 Å². The Hall–Kier alpha value is -0.740. The number of halogens is 1. The van der Waals surface area contributed by atoms with Crippen molar-refractivity contribution in [1.82, 2.24) is 4.98 Å². The van der Waals surface area contributed by atoms with Gasteiger partial charge in [0.15, 0.2) is 5.01 Å². The molecule has 0 unspecified atom stereocenters. The maximum absolute atomic E-state index is 5.67. The summed E-state index contributed by atoms with van der Waals surface area (Å²) in [6.45, 7) is 1.82. The predicted octanol–water partition coefficient (Wildman–Crippen LogP) is 2.57. The number of hydrogen-bond acceptors (Lipinski definition) is 4. The van der Waals surface area contributed by atoms with E-state index in [1.807, 2.05) is 6.92 Å². The van der Waals surface area contributed by atoms with Gasteiger partial charge in [0.1, 0.15) is 12.5 Å². The van der Waals surface area contributed by atoms with E-state index in [0.29, 0.717) is 5.88 Å². The minimum Gasteiger partial charge on any atom is -0.451 e. The Morgan fingerprint density at radius 1 is 1.54 bits per heavy atom. The molecule has 1 aromatic heterocycles. The highest BCUT2D eigenvalue weighted by atomic mass is 35.5. The fourth-order valence-corrected chi connectivity index (χ4v) is 2.05. The van der Waals surface area contributed by atoms with Gasteiger partial charge in [0.25, 0.3) is 0 Å². The summed E-state index contributed by atoms with van der Waals surface area (Å²) in [6, 6.07) is 0. The lowest BCUT2D eigenvalue weighted by Crippen LogP contribution is -2.21. The van der Waals surface area contributed by atoms with E-state index >= 15 is 0 Å². The molecule has 0 aliphatic carbocycles. The largest absolute Gasteiger partial charge is 0.451 e. The fourth-order valence-electron chi connectivity index (χ4n) is 1.02. The second-order valence-electron chi connectivity index (χ2n) is 2.72. The first-order valence-electron chi connectivity index (χ1n) is 3.76. The maximum atomic E-state index is 5.67. The van der Waals surface area contributed by atoms with Crippen molar-refractivity contribution in [3.63, 3.8) is 0 Å². The molecule has 0 saturated carbocycles. The van der Waals surface area contributed by atoms with Gasteiger partial charge in [0.05, 0.1) is 5.88 Å². The highest BCUT2D eigenvalue weighted by molar-refractivity contribution is 7.11. The van der Waals surface area contributed by atoms with Crippen LogP contribution in [-0.4, -0.2) is 4.98 Å². The fraction of sp³-hybridized carbons (Fsp3) is 0.375. The zero-order valence-electron chi connectivity index (χ0n) is 6.99. The summed E-state index contributed by atoms with van der Waals surface area (Å²) in [5, 5.41) is 0.785. The molecule has 0 spiro atoms. The molecule has 0 bridgehead atoms. The summed E-state index contributed by atoms with van der Waals surface area (Å²) in [5.41, 5.74) is 0. The molecular weight excluding hydrogens is 210 g/mol. The van der Waals surface area contributed by atoms with Gasteiger partial charge in [-0.3, -0.25) is 0 Å². The number of alkyl halides is 1. The molecule has 70 valence electrons. The van der Waals surface area contributed by atoms with E-state index in [4.69, 9.17) is 21.1 Å². The van der Waals surface area contributed by atoms with Crippen LogP contribution in [0.25, 0.3) is 0 Å². The summed E-state index contributed by atoms with van der Waals surface area (Å²) in [4.78, 5) is 5.20. The molecule has 0 N–H and O–H groups in total. The first-order valence-corrected chi connectivity index (χ1v) is 5.11. The summed E-state index contributed by atoms with van der Waals surface area (Å²) >= 11 is 7.16. The summed E-state index contributed by atoms with van der Waals surface area (Å²) in [7, 11) is 0. The number of hydrogen-bond donors (Lipinski definition) is 0. The lowest BCUT2D eigenvalue weighted by molar-refractivity contribution is -0.133. The number of nitrogens with zero attached hydrogens (tertiary/aromatic N) is 1. The maximum Gasteiger partial charge on any atom is 0.300 e. The van der Waals surface area contributed by atoms with Gasteiger partial charge in [-0.2, -0.15) is 0 Å². The first-order chi connectivity index (χ1) is 6.24. The van der Waals surface area contributed by atoms with Crippen molar-refractivity contribution < 1.29 is 9.47 Å². The summed E-state index contributed by atoms with van der Waals surface area (Å²) in [5.74, 6) is -0.282. The van der Waals surface area contributed by atoms with E-state index in [9.17, 15) is 0 Å². The lowest BCUT2D eigenvalue weighted by atomic mass is 10.3. The highest BCUT2D eigenvalue weighted by Gasteiger charge is 2.35. The third-order valence-electron chi connectivity index (χ3n) is 1.72. The van der Waals surface area contributed by atoms with Gasteiger partial charge >= 0.3 is 5.79 Å². The zero-order valence-corrected chi connectivity index (χ0v) is 8.56. The van der Waals surface area contributed by atoms with Gasteiger partial charge in [0, 0.05) is 18.0 Å². The van der Waals surface area contributed by atoms with Gasteiger partial charge in [-0.15, -0.1) is 22.9 Å². The molecule has 5 heteroatoms. The van der Waals surface area contributed by atoms with Crippen molar-refractivity contribution in [3.8, 4) is 0 Å². The molecule has 1 aromatic rings. The van der Waals surface area contributed by atoms with Crippen molar-refractivity contribution in [1.29, 1.82) is 0 Å². The molecule has 3 nitrogen and oxygen atoms in total. The molecule has 1 aliphatic rings. The van der Waals surface area contributed by atoms with Crippen LogP contribution in [0.3, 0.4) is 0 Å². The predicted molar refractivity (Wildman–Crippen MR) is 50.3 cm³/mol. The van der Waals surface area contributed by atoms with Gasteiger partial charge in [-0.25, -0.2) is 4.98 Å². The first kappa shape index (κ1) is 8.84. The second kappa shape index (κ2) is 3.20. The Morgan fingerprint density at radius 3 is 2.77 bits per heavy atom. The van der Waals surface area contributed by atoms with E-state index < -0.39 is 5.79 Å². The quantitative estimate of drug-likeness (QED) is 0.714. The standard InChI is InChI=1S/C8H8ClNO2S/c1-8(11-2-3-12-8)7-10-5-6(4-9)13-7/h2-3,5H,4H2,1H3. The molecule has 0 atom stereocenters. The Kier molecular flexibility index (Phi) is 2.17. The van der Waals surface area contributed by atoms with Crippen LogP contribution in [0.4, 0.5) is 0 Å². The van der Waals surface area contributed by atoms with Crippen LogP contribution >= 0.6 is 22.9 Å². The number of ether oxygens (including phenoxy) is 2. The molecule has 0 radical (unpaired) electrons. The highest BCUT2D eigenvalue weighted by Crippen LogP contribution is 2.34. The molecule has 0 fully saturated rings. The van der Waals surface area contributed by atoms with E-state index in [-0.39, 0.29) is 0 Å². The Morgan fingerprint density at radius 2 is 2.23 bits per heavy atom. The van der Waals surface area contributed by atoms with Crippen LogP contribution in [0.15, 0.2) is 18.7 Å². The van der Waals surface area contributed by atoms with Crippen LogP contribution in [0.1, 0.15) is 16.8 Å². The molecule has 13 heavy (non-hydrogen) atoms. The Labute approximate surface area is 85.0 Å². The summed E-state index contributed by atoms with van der Waals surface area (Å²) < 4.78 is 10.6. The monoisotopic (exact) mass is 217 g/mol. The summed E-state index contributed by atoms with van der Waals surface area (Å²) in [6.07, 6.45) is 4.77. The molecule has 0 aromatic carbocycles. The average Bonchev–Trinajstić information content (AvgIpc) is 2.72. The smallest absolute Gasteiger partial charge is 0.300 e. The molecular formula is C8H8ClNO2S. The SMILES string of the molecule is CC1(c2ncc(CCl)s2)OC=CO1. The van der Waals surface area contributed by atoms with Crippen molar-refractivity contribution in [2.45, 2.75) is 18.6 Å². The number of thiazole rings is 1. The van der Waals surface area contributed by atoms with Crippen LogP contribution in [0.5, 0.6) is 0 Å². The minimum absolute atomic E-state index is 0.473. The molecule has 1 aliphatic heterocycles. The topological polar surface area (TPSA) is 31.4 Å². The van der Waals surface area contributed by atoms with Crippen LogP contribution < -0.4 is 0 Å². The van der Waals surface area contributed by atoms with E-state index in [1.54, 1.807) is 6.20 Å². The molecule has 0 saturated heterocycles. The van der Waals surface area contributed by atoms with Crippen molar-refractivity contribution >= 4 is 22.9 Å². The van der Waals surface area contributed by atoms with Crippen LogP contribution in [-0.2, 0) is 21.1 Å². The van der Waals surface area contributed by atoms with Crippen molar-refractivity contribution in [2.24, 2.45) is 0 Å². The second-order valence-corrected chi connectivity index (χ2v) is 4.10. The lowest BCUT2D eigenvalue weighted by Gasteiger charge is -2.19. The number of rotatable bonds is 2. The third kappa shape index (κ3) is 1.51. The van der Waals surface area contributed by atoms with Gasteiger partial charge in [-0.05, 0) is 0 Å². The Balaban J connectivity index is 2.24. The van der Waals surface area contributed by atoms with Crippen molar-refractivity contribution in [3.05, 3.63) is 28.6 Å². The van der Waals surface area contributed by atoms with Gasteiger partial charge in [-0.1, -0.05) is 0 Å². The Bertz CT molecular complexity index is 329. The third-order valence-corrected chi connectivity index (χ3v) is 3.34. The zero-order chi connectivity index (χ0) is 9.31. The molecule has 2 rings (SSSR count). The van der Waals surface area contributed by atoms with Gasteiger partial charge < -0.3 is 9.47 Å². The van der Waals surface area contributed by atoms with Gasteiger partial charge in [0.2, 0.25) is 0 Å².